The smallest absolute Gasteiger partial charge is 0.233 e. The van der Waals surface area contributed by atoms with Gasteiger partial charge in [-0.05, 0) is 24.6 Å². The first-order chi connectivity index (χ1) is 9.96. The SMILES string of the molecule is Cc1cc(CCNS(=O)(=O)/C=C/c2ccccc2)nn1C. The summed E-state index contributed by atoms with van der Waals surface area (Å²) >= 11 is 0. The van der Waals surface area contributed by atoms with E-state index in [1.807, 2.05) is 50.4 Å². The van der Waals surface area contributed by atoms with Crippen LogP contribution in [0.5, 0.6) is 0 Å². The van der Waals surface area contributed by atoms with Crippen molar-refractivity contribution in [1.29, 1.82) is 0 Å². The third-order valence-corrected chi connectivity index (χ3v) is 4.19. The van der Waals surface area contributed by atoms with Gasteiger partial charge in [-0.25, -0.2) is 13.1 Å². The van der Waals surface area contributed by atoms with E-state index in [9.17, 15) is 8.42 Å². The highest BCUT2D eigenvalue weighted by Crippen LogP contribution is 2.04. The first kappa shape index (κ1) is 15.5. The molecule has 6 heteroatoms. The monoisotopic (exact) mass is 305 g/mol. The maximum absolute atomic E-state index is 11.8. The van der Waals surface area contributed by atoms with E-state index in [0.29, 0.717) is 13.0 Å². The van der Waals surface area contributed by atoms with Gasteiger partial charge in [0.05, 0.1) is 5.69 Å². The fourth-order valence-corrected chi connectivity index (χ4v) is 2.68. The summed E-state index contributed by atoms with van der Waals surface area (Å²) < 4.78 is 28.0. The largest absolute Gasteiger partial charge is 0.273 e. The van der Waals surface area contributed by atoms with E-state index in [1.165, 1.54) is 5.41 Å². The van der Waals surface area contributed by atoms with Gasteiger partial charge in [-0.1, -0.05) is 30.3 Å². The van der Waals surface area contributed by atoms with E-state index in [1.54, 1.807) is 10.8 Å². The molecular formula is C15H19N3O2S. The zero-order valence-corrected chi connectivity index (χ0v) is 13.0. The van der Waals surface area contributed by atoms with Gasteiger partial charge in [0.25, 0.3) is 0 Å². The van der Waals surface area contributed by atoms with Crippen LogP contribution in [0, 0.1) is 6.92 Å². The summed E-state index contributed by atoms with van der Waals surface area (Å²) in [6.07, 6.45) is 2.15. The number of aryl methyl sites for hydroxylation is 2. The van der Waals surface area contributed by atoms with Gasteiger partial charge < -0.3 is 0 Å². The van der Waals surface area contributed by atoms with Gasteiger partial charge >= 0.3 is 0 Å². The molecule has 0 amide bonds. The van der Waals surface area contributed by atoms with Crippen molar-refractivity contribution in [2.24, 2.45) is 7.05 Å². The van der Waals surface area contributed by atoms with Gasteiger partial charge in [-0.3, -0.25) is 4.68 Å². The lowest BCUT2D eigenvalue weighted by Gasteiger charge is -2.01. The van der Waals surface area contributed by atoms with Crippen molar-refractivity contribution in [1.82, 2.24) is 14.5 Å². The Morgan fingerprint density at radius 1 is 1.29 bits per heavy atom. The molecule has 2 aromatic rings. The lowest BCUT2D eigenvalue weighted by Crippen LogP contribution is -2.23. The molecule has 0 aliphatic carbocycles. The average molecular weight is 305 g/mol. The predicted octanol–water partition coefficient (Wildman–Crippen LogP) is 1.86. The van der Waals surface area contributed by atoms with Crippen molar-refractivity contribution in [3.8, 4) is 0 Å². The quantitative estimate of drug-likeness (QED) is 0.886. The standard InChI is InChI=1S/C15H19N3O2S/c1-13-12-15(17-18(13)2)8-10-16-21(19,20)11-9-14-6-4-3-5-7-14/h3-7,9,11-12,16H,8,10H2,1-2H3/b11-9+. The number of rotatable bonds is 6. The molecule has 112 valence electrons. The molecule has 21 heavy (non-hydrogen) atoms. The molecule has 0 radical (unpaired) electrons. The summed E-state index contributed by atoms with van der Waals surface area (Å²) in [5, 5.41) is 5.47. The molecule has 1 N–H and O–H groups in total. The number of sulfonamides is 1. The molecule has 0 bridgehead atoms. The van der Waals surface area contributed by atoms with Gasteiger partial charge in [-0.2, -0.15) is 5.10 Å². The van der Waals surface area contributed by atoms with E-state index in [-0.39, 0.29) is 0 Å². The maximum Gasteiger partial charge on any atom is 0.233 e. The van der Waals surface area contributed by atoms with Gasteiger partial charge in [-0.15, -0.1) is 0 Å². The highest BCUT2D eigenvalue weighted by Gasteiger charge is 2.06. The number of nitrogens with one attached hydrogen (secondary N) is 1. The molecule has 0 fully saturated rings. The Labute approximate surface area is 125 Å². The fourth-order valence-electron chi connectivity index (χ4n) is 1.86. The second kappa shape index (κ2) is 6.69. The van der Waals surface area contributed by atoms with Gasteiger partial charge in [0, 0.05) is 31.1 Å². The van der Waals surface area contributed by atoms with Crippen LogP contribution in [0.25, 0.3) is 6.08 Å². The molecule has 0 atom stereocenters. The highest BCUT2D eigenvalue weighted by atomic mass is 32.2. The highest BCUT2D eigenvalue weighted by molar-refractivity contribution is 7.92. The molecule has 1 aromatic carbocycles. The van der Waals surface area contributed by atoms with Crippen LogP contribution in [0.4, 0.5) is 0 Å². The van der Waals surface area contributed by atoms with Gasteiger partial charge in [0.15, 0.2) is 0 Å². The second-order valence-corrected chi connectivity index (χ2v) is 6.45. The molecule has 0 unspecified atom stereocenters. The Kier molecular flexibility index (Phi) is 4.93. The van der Waals surface area contributed by atoms with Crippen LogP contribution < -0.4 is 4.72 Å². The zero-order chi connectivity index (χ0) is 15.3. The summed E-state index contributed by atoms with van der Waals surface area (Å²) in [7, 11) is -1.55. The molecule has 0 saturated carbocycles. The lowest BCUT2D eigenvalue weighted by atomic mass is 10.2. The molecule has 0 aliphatic heterocycles. The van der Waals surface area contributed by atoms with Crippen molar-refractivity contribution in [3.05, 3.63) is 58.8 Å². The van der Waals surface area contributed by atoms with E-state index < -0.39 is 10.0 Å². The van der Waals surface area contributed by atoms with Crippen LogP contribution in [0.15, 0.2) is 41.8 Å². The molecule has 0 spiro atoms. The Hall–Kier alpha value is -1.92. The van der Waals surface area contributed by atoms with Crippen LogP contribution in [0.2, 0.25) is 0 Å². The predicted molar refractivity (Wildman–Crippen MR) is 84.0 cm³/mol. The van der Waals surface area contributed by atoms with Crippen molar-refractivity contribution in [3.63, 3.8) is 0 Å². The van der Waals surface area contributed by atoms with Gasteiger partial charge in [0.1, 0.15) is 0 Å². The normalized spacial score (nSPS) is 12.1. The van der Waals surface area contributed by atoms with Gasteiger partial charge in [0.2, 0.25) is 10.0 Å². The molecule has 5 nitrogen and oxygen atoms in total. The Morgan fingerprint density at radius 3 is 2.62 bits per heavy atom. The minimum atomic E-state index is -3.42. The Balaban J connectivity index is 1.88. The Bertz CT molecular complexity index is 699. The molecular weight excluding hydrogens is 286 g/mol. The molecule has 2 rings (SSSR count). The van der Waals surface area contributed by atoms with E-state index in [4.69, 9.17) is 0 Å². The number of nitrogens with zero attached hydrogens (tertiary/aromatic N) is 2. The summed E-state index contributed by atoms with van der Waals surface area (Å²) in [5.41, 5.74) is 2.78. The van der Waals surface area contributed by atoms with E-state index in [2.05, 4.69) is 9.82 Å². The number of hydrogen-bond acceptors (Lipinski definition) is 3. The summed E-state index contributed by atoms with van der Waals surface area (Å²) in [4.78, 5) is 0. The Morgan fingerprint density at radius 2 is 2.00 bits per heavy atom. The second-order valence-electron chi connectivity index (χ2n) is 4.80. The first-order valence-electron chi connectivity index (χ1n) is 6.68. The molecule has 0 aliphatic rings. The first-order valence-corrected chi connectivity index (χ1v) is 8.23. The van der Waals surface area contributed by atoms with Crippen molar-refractivity contribution in [2.45, 2.75) is 13.3 Å². The van der Waals surface area contributed by atoms with Crippen molar-refractivity contribution >= 4 is 16.1 Å². The number of aromatic nitrogens is 2. The summed E-state index contributed by atoms with van der Waals surface area (Å²) in [5.74, 6) is 0. The third kappa shape index (κ3) is 4.84. The molecule has 1 aromatic heterocycles. The van der Waals surface area contributed by atoms with Crippen molar-refractivity contribution in [2.75, 3.05) is 6.54 Å². The lowest BCUT2D eigenvalue weighted by molar-refractivity contribution is 0.590. The zero-order valence-electron chi connectivity index (χ0n) is 12.2. The van der Waals surface area contributed by atoms with Crippen LogP contribution in [0.3, 0.4) is 0 Å². The number of benzene rings is 1. The van der Waals surface area contributed by atoms with Crippen LogP contribution in [0.1, 0.15) is 17.0 Å². The summed E-state index contributed by atoms with van der Waals surface area (Å²) in [6.45, 7) is 2.29. The van der Waals surface area contributed by atoms with E-state index >= 15 is 0 Å². The summed E-state index contributed by atoms with van der Waals surface area (Å²) in [6, 6.07) is 11.3. The molecule has 1 heterocycles. The number of hydrogen-bond donors (Lipinski definition) is 1. The minimum Gasteiger partial charge on any atom is -0.273 e. The third-order valence-electron chi connectivity index (χ3n) is 3.09. The van der Waals surface area contributed by atoms with Crippen LogP contribution >= 0.6 is 0 Å². The average Bonchev–Trinajstić information content (AvgIpc) is 2.76. The minimum absolute atomic E-state index is 0.331. The van der Waals surface area contributed by atoms with Crippen molar-refractivity contribution < 1.29 is 8.42 Å². The topological polar surface area (TPSA) is 64.0 Å². The van der Waals surface area contributed by atoms with E-state index in [0.717, 1.165) is 17.0 Å². The van der Waals surface area contributed by atoms with Crippen LogP contribution in [-0.2, 0) is 23.5 Å². The fraction of sp³-hybridized carbons (Fsp3) is 0.267. The molecule has 0 saturated heterocycles. The maximum atomic E-state index is 11.8. The van der Waals surface area contributed by atoms with Crippen LogP contribution in [-0.4, -0.2) is 24.7 Å².